The maximum Gasteiger partial charge on any atom is 0.195 e. The first-order chi connectivity index (χ1) is 9.47. The SMILES string of the molecule is CC(C)(C)C1=CC=c2c(sc3ccccc3c2=O)=CC1. The van der Waals surface area contributed by atoms with Crippen LogP contribution in [0.15, 0.2) is 40.7 Å². The summed E-state index contributed by atoms with van der Waals surface area (Å²) in [5, 5.41) is 1.67. The average Bonchev–Trinajstić information content (AvgIpc) is 2.61. The molecule has 3 rings (SSSR count). The largest absolute Gasteiger partial charge is 0.289 e. The van der Waals surface area contributed by atoms with E-state index in [0.717, 1.165) is 26.3 Å². The van der Waals surface area contributed by atoms with E-state index in [0.29, 0.717) is 0 Å². The fraction of sp³-hybridized carbons (Fsp3) is 0.278. The number of allylic oxidation sites excluding steroid dienone is 2. The molecule has 2 aromatic rings. The fourth-order valence-electron chi connectivity index (χ4n) is 2.49. The van der Waals surface area contributed by atoms with Crippen molar-refractivity contribution in [2.75, 3.05) is 0 Å². The molecule has 2 heteroatoms. The van der Waals surface area contributed by atoms with Gasteiger partial charge in [0, 0.05) is 19.8 Å². The molecule has 1 aliphatic carbocycles. The van der Waals surface area contributed by atoms with Crippen LogP contribution in [0.4, 0.5) is 0 Å². The average molecular weight is 282 g/mol. The number of fused-ring (bicyclic) bond motifs is 2. The molecule has 0 aliphatic heterocycles. The van der Waals surface area contributed by atoms with Crippen molar-refractivity contribution >= 4 is 33.6 Å². The first-order valence-corrected chi connectivity index (χ1v) is 7.72. The van der Waals surface area contributed by atoms with E-state index in [1.165, 1.54) is 5.57 Å². The van der Waals surface area contributed by atoms with E-state index in [9.17, 15) is 4.79 Å². The number of rotatable bonds is 0. The zero-order valence-corrected chi connectivity index (χ0v) is 12.9. The zero-order chi connectivity index (χ0) is 14.3. The van der Waals surface area contributed by atoms with Crippen LogP contribution in [-0.4, -0.2) is 0 Å². The van der Waals surface area contributed by atoms with Crippen LogP contribution < -0.4 is 15.2 Å². The summed E-state index contributed by atoms with van der Waals surface area (Å²) in [5.74, 6) is 0. The molecule has 0 spiro atoms. The molecule has 1 aliphatic rings. The van der Waals surface area contributed by atoms with E-state index in [-0.39, 0.29) is 10.8 Å². The molecule has 1 aromatic heterocycles. The molecule has 0 saturated carbocycles. The second-order valence-electron chi connectivity index (χ2n) is 6.22. The Morgan fingerprint density at radius 1 is 1.10 bits per heavy atom. The van der Waals surface area contributed by atoms with Gasteiger partial charge in [-0.05, 0) is 30.0 Å². The maximum atomic E-state index is 12.6. The molecule has 0 saturated heterocycles. The van der Waals surface area contributed by atoms with Gasteiger partial charge >= 0.3 is 0 Å². The number of benzene rings is 1. The molecule has 102 valence electrons. The highest BCUT2D eigenvalue weighted by Crippen LogP contribution is 2.28. The van der Waals surface area contributed by atoms with Gasteiger partial charge in [0.2, 0.25) is 0 Å². The van der Waals surface area contributed by atoms with Crippen LogP contribution in [0.2, 0.25) is 0 Å². The minimum atomic E-state index is 0.141. The van der Waals surface area contributed by atoms with E-state index in [1.807, 2.05) is 30.3 Å². The Morgan fingerprint density at radius 3 is 2.60 bits per heavy atom. The number of hydrogen-bond donors (Lipinski definition) is 0. The first-order valence-electron chi connectivity index (χ1n) is 6.90. The summed E-state index contributed by atoms with van der Waals surface area (Å²) in [4.78, 5) is 12.6. The lowest BCUT2D eigenvalue weighted by atomic mass is 9.84. The second kappa shape index (κ2) is 4.71. The van der Waals surface area contributed by atoms with Crippen molar-refractivity contribution in [3.05, 3.63) is 55.9 Å². The predicted octanol–water partition coefficient (Wildman–Crippen LogP) is 3.20. The third kappa shape index (κ3) is 2.25. The van der Waals surface area contributed by atoms with E-state index in [2.05, 4.69) is 32.9 Å². The predicted molar refractivity (Wildman–Crippen MR) is 88.4 cm³/mol. The summed E-state index contributed by atoms with van der Waals surface area (Å²) < 4.78 is 2.17. The topological polar surface area (TPSA) is 17.1 Å². The summed E-state index contributed by atoms with van der Waals surface area (Å²) in [7, 11) is 0. The van der Waals surface area contributed by atoms with Gasteiger partial charge in [-0.3, -0.25) is 4.79 Å². The van der Waals surface area contributed by atoms with Crippen LogP contribution in [0.1, 0.15) is 27.2 Å². The Labute approximate surface area is 122 Å². The number of hydrogen-bond acceptors (Lipinski definition) is 2. The normalized spacial score (nSPS) is 14.8. The fourth-order valence-corrected chi connectivity index (χ4v) is 3.59. The highest BCUT2D eigenvalue weighted by atomic mass is 32.1. The van der Waals surface area contributed by atoms with Crippen LogP contribution in [0.5, 0.6) is 0 Å². The lowest BCUT2D eigenvalue weighted by molar-refractivity contribution is 0.497. The first kappa shape index (κ1) is 13.3. The van der Waals surface area contributed by atoms with Crippen molar-refractivity contribution in [2.24, 2.45) is 5.41 Å². The van der Waals surface area contributed by atoms with Gasteiger partial charge in [0.25, 0.3) is 0 Å². The van der Waals surface area contributed by atoms with Gasteiger partial charge in [0.1, 0.15) is 0 Å². The molecule has 1 nitrogen and oxygen atoms in total. The Bertz CT molecular complexity index is 876. The van der Waals surface area contributed by atoms with E-state index < -0.39 is 0 Å². The summed E-state index contributed by atoms with van der Waals surface area (Å²) in [6.07, 6.45) is 7.26. The minimum Gasteiger partial charge on any atom is -0.289 e. The smallest absolute Gasteiger partial charge is 0.195 e. The van der Waals surface area contributed by atoms with Gasteiger partial charge in [-0.1, -0.05) is 50.6 Å². The van der Waals surface area contributed by atoms with Gasteiger partial charge < -0.3 is 0 Å². The van der Waals surface area contributed by atoms with Gasteiger partial charge in [-0.25, -0.2) is 0 Å². The Balaban J connectivity index is 2.35. The Hall–Kier alpha value is -1.67. The lowest BCUT2D eigenvalue weighted by Gasteiger charge is -2.21. The Kier molecular flexibility index (Phi) is 3.14. The molecular formula is C18H18OS. The molecule has 0 N–H and O–H groups in total. The molecule has 1 heterocycles. The van der Waals surface area contributed by atoms with E-state index >= 15 is 0 Å². The van der Waals surface area contributed by atoms with Crippen molar-refractivity contribution < 1.29 is 0 Å². The van der Waals surface area contributed by atoms with Crippen molar-refractivity contribution in [3.8, 4) is 0 Å². The summed E-state index contributed by atoms with van der Waals surface area (Å²) >= 11 is 1.71. The molecule has 0 unspecified atom stereocenters. The zero-order valence-electron chi connectivity index (χ0n) is 12.1. The molecule has 0 fully saturated rings. The monoisotopic (exact) mass is 282 g/mol. The van der Waals surface area contributed by atoms with Crippen LogP contribution in [-0.2, 0) is 0 Å². The molecule has 0 bridgehead atoms. The third-order valence-electron chi connectivity index (χ3n) is 3.78. The standard InChI is InChI=1S/C18H18OS/c1-18(2,3)12-8-10-14-16(11-9-12)20-15-7-5-4-6-13(15)17(14)19/h4-8,10-11H,9H2,1-3H3. The molecular weight excluding hydrogens is 264 g/mol. The van der Waals surface area contributed by atoms with Gasteiger partial charge in [-0.2, -0.15) is 0 Å². The molecule has 0 atom stereocenters. The summed E-state index contributed by atoms with van der Waals surface area (Å²) in [5.41, 5.74) is 1.66. The molecule has 0 amide bonds. The van der Waals surface area contributed by atoms with Crippen molar-refractivity contribution in [3.63, 3.8) is 0 Å². The Morgan fingerprint density at radius 2 is 1.85 bits per heavy atom. The minimum absolute atomic E-state index is 0.141. The molecule has 1 aromatic carbocycles. The van der Waals surface area contributed by atoms with Crippen LogP contribution in [0.25, 0.3) is 22.2 Å². The van der Waals surface area contributed by atoms with Crippen molar-refractivity contribution in [1.82, 2.24) is 0 Å². The second-order valence-corrected chi connectivity index (χ2v) is 7.31. The van der Waals surface area contributed by atoms with E-state index in [4.69, 9.17) is 0 Å². The van der Waals surface area contributed by atoms with Crippen molar-refractivity contribution in [1.29, 1.82) is 0 Å². The maximum absolute atomic E-state index is 12.6. The van der Waals surface area contributed by atoms with Gasteiger partial charge in [0.15, 0.2) is 5.43 Å². The van der Waals surface area contributed by atoms with Crippen LogP contribution >= 0.6 is 11.3 Å². The molecule has 20 heavy (non-hydrogen) atoms. The summed E-state index contributed by atoms with van der Waals surface area (Å²) in [6.45, 7) is 6.65. The van der Waals surface area contributed by atoms with Crippen LogP contribution in [0, 0.1) is 5.41 Å². The van der Waals surface area contributed by atoms with Gasteiger partial charge in [-0.15, -0.1) is 11.3 Å². The lowest BCUT2D eigenvalue weighted by Crippen LogP contribution is -2.36. The van der Waals surface area contributed by atoms with Crippen LogP contribution in [0.3, 0.4) is 0 Å². The highest BCUT2D eigenvalue weighted by Gasteiger charge is 2.16. The molecule has 0 radical (unpaired) electrons. The quantitative estimate of drug-likeness (QED) is 0.725. The third-order valence-corrected chi connectivity index (χ3v) is 4.97. The van der Waals surface area contributed by atoms with E-state index in [1.54, 1.807) is 11.3 Å². The van der Waals surface area contributed by atoms with Gasteiger partial charge in [0.05, 0.1) is 0 Å². The highest BCUT2D eigenvalue weighted by molar-refractivity contribution is 7.16. The van der Waals surface area contributed by atoms with Crippen molar-refractivity contribution in [2.45, 2.75) is 27.2 Å². The summed E-state index contributed by atoms with van der Waals surface area (Å²) in [6, 6.07) is 7.86.